The Morgan fingerprint density at radius 3 is 2.94 bits per heavy atom. The van der Waals surface area contributed by atoms with E-state index >= 15 is 0 Å². The van der Waals surface area contributed by atoms with Gasteiger partial charge in [-0.25, -0.2) is 4.79 Å². The second-order valence-corrected chi connectivity index (χ2v) is 4.58. The van der Waals surface area contributed by atoms with Crippen LogP contribution in [0.1, 0.15) is 24.8 Å². The number of ether oxygens (including phenoxy) is 1. The number of anilines is 1. The van der Waals surface area contributed by atoms with Crippen LogP contribution >= 0.6 is 0 Å². The zero-order valence-corrected chi connectivity index (χ0v) is 9.35. The molecule has 2 aliphatic rings. The van der Waals surface area contributed by atoms with Gasteiger partial charge in [0.05, 0.1) is 6.61 Å². The number of carbonyl (C=O) groups is 1. The van der Waals surface area contributed by atoms with Crippen LogP contribution in [0.15, 0.2) is 24.3 Å². The zero-order valence-electron chi connectivity index (χ0n) is 9.35. The molecule has 3 heteroatoms. The molecule has 3 rings (SSSR count). The lowest BCUT2D eigenvalue weighted by Gasteiger charge is -2.23. The highest BCUT2D eigenvalue weighted by molar-refractivity contribution is 5.83. The molecule has 16 heavy (non-hydrogen) atoms. The molecular weight excluding hydrogens is 202 g/mol. The summed E-state index contributed by atoms with van der Waals surface area (Å²) in [7, 11) is 0. The van der Waals surface area contributed by atoms with Gasteiger partial charge in [-0.05, 0) is 11.6 Å². The van der Waals surface area contributed by atoms with Gasteiger partial charge in [0.25, 0.3) is 0 Å². The van der Waals surface area contributed by atoms with Gasteiger partial charge in [-0.1, -0.05) is 25.1 Å². The van der Waals surface area contributed by atoms with Crippen molar-refractivity contribution in [1.82, 2.24) is 0 Å². The minimum atomic E-state index is -0.0658. The SMILES string of the molecule is C[C@H]1CN([C@H]2CCOC2=O)c2ccccc21. The van der Waals surface area contributed by atoms with Crippen LogP contribution in [-0.4, -0.2) is 25.2 Å². The van der Waals surface area contributed by atoms with Crippen LogP contribution in [0, 0.1) is 0 Å². The Bertz CT molecular complexity index is 430. The fraction of sp³-hybridized carbons (Fsp3) is 0.462. The van der Waals surface area contributed by atoms with Gasteiger partial charge in [-0.2, -0.15) is 0 Å². The second kappa shape index (κ2) is 3.51. The van der Waals surface area contributed by atoms with E-state index in [-0.39, 0.29) is 12.0 Å². The van der Waals surface area contributed by atoms with E-state index in [1.54, 1.807) is 0 Å². The summed E-state index contributed by atoms with van der Waals surface area (Å²) in [5, 5.41) is 0. The van der Waals surface area contributed by atoms with Crippen LogP contribution in [0.25, 0.3) is 0 Å². The first-order valence-corrected chi connectivity index (χ1v) is 5.79. The van der Waals surface area contributed by atoms with Crippen molar-refractivity contribution in [3.63, 3.8) is 0 Å². The molecule has 3 nitrogen and oxygen atoms in total. The maximum Gasteiger partial charge on any atom is 0.328 e. The van der Waals surface area contributed by atoms with Crippen molar-refractivity contribution in [2.45, 2.75) is 25.3 Å². The van der Waals surface area contributed by atoms with Crippen LogP contribution in [0.4, 0.5) is 5.69 Å². The van der Waals surface area contributed by atoms with E-state index in [4.69, 9.17) is 4.74 Å². The number of rotatable bonds is 1. The van der Waals surface area contributed by atoms with Crippen LogP contribution in [0.3, 0.4) is 0 Å². The summed E-state index contributed by atoms with van der Waals surface area (Å²) in [5.41, 5.74) is 2.56. The van der Waals surface area contributed by atoms with E-state index in [9.17, 15) is 4.79 Å². The molecule has 0 aliphatic carbocycles. The molecule has 0 bridgehead atoms. The first-order chi connectivity index (χ1) is 7.77. The molecule has 1 saturated heterocycles. The first kappa shape index (κ1) is 9.70. The summed E-state index contributed by atoms with van der Waals surface area (Å²) in [6, 6.07) is 8.28. The number of fused-ring (bicyclic) bond motifs is 1. The van der Waals surface area contributed by atoms with Gasteiger partial charge in [0, 0.05) is 24.6 Å². The highest BCUT2D eigenvalue weighted by Crippen LogP contribution is 2.38. The van der Waals surface area contributed by atoms with Gasteiger partial charge in [0.2, 0.25) is 0 Å². The standard InChI is InChI=1S/C13H15NO2/c1-9-8-14(12-6-7-16-13(12)15)11-5-3-2-4-10(9)11/h2-5,9,12H,6-8H2,1H3/t9-,12-/m0/s1. The van der Waals surface area contributed by atoms with E-state index in [1.807, 2.05) is 6.07 Å². The molecule has 2 atom stereocenters. The Hall–Kier alpha value is -1.51. The van der Waals surface area contributed by atoms with Crippen molar-refractivity contribution >= 4 is 11.7 Å². The molecule has 2 aliphatic heterocycles. The van der Waals surface area contributed by atoms with Gasteiger partial charge >= 0.3 is 5.97 Å². The number of benzene rings is 1. The minimum Gasteiger partial charge on any atom is -0.464 e. The third kappa shape index (κ3) is 1.31. The Morgan fingerprint density at radius 2 is 2.19 bits per heavy atom. The van der Waals surface area contributed by atoms with Crippen LogP contribution in [0.5, 0.6) is 0 Å². The molecular formula is C13H15NO2. The van der Waals surface area contributed by atoms with Crippen LogP contribution < -0.4 is 4.90 Å². The van der Waals surface area contributed by atoms with Gasteiger partial charge < -0.3 is 9.64 Å². The van der Waals surface area contributed by atoms with Gasteiger partial charge in [0.15, 0.2) is 0 Å². The Balaban J connectivity index is 1.97. The number of hydrogen-bond acceptors (Lipinski definition) is 3. The second-order valence-electron chi connectivity index (χ2n) is 4.58. The smallest absolute Gasteiger partial charge is 0.328 e. The van der Waals surface area contributed by atoms with Gasteiger partial charge in [0.1, 0.15) is 6.04 Å². The molecule has 1 aromatic rings. The highest BCUT2D eigenvalue weighted by atomic mass is 16.5. The lowest BCUT2D eigenvalue weighted by Crippen LogP contribution is -2.37. The van der Waals surface area contributed by atoms with Crippen LogP contribution in [-0.2, 0) is 9.53 Å². The number of carbonyl (C=O) groups excluding carboxylic acids is 1. The maximum absolute atomic E-state index is 11.6. The summed E-state index contributed by atoms with van der Waals surface area (Å²) in [4.78, 5) is 13.8. The number of nitrogens with zero attached hydrogens (tertiary/aromatic N) is 1. The van der Waals surface area contributed by atoms with Crippen molar-refractivity contribution < 1.29 is 9.53 Å². The van der Waals surface area contributed by atoms with E-state index in [0.717, 1.165) is 13.0 Å². The zero-order chi connectivity index (χ0) is 11.1. The monoisotopic (exact) mass is 217 g/mol. The molecule has 84 valence electrons. The van der Waals surface area contributed by atoms with Crippen LogP contribution in [0.2, 0.25) is 0 Å². The first-order valence-electron chi connectivity index (χ1n) is 5.79. The molecule has 0 radical (unpaired) electrons. The minimum absolute atomic E-state index is 0.0638. The molecule has 0 N–H and O–H groups in total. The van der Waals surface area contributed by atoms with Crippen molar-refractivity contribution in [3.8, 4) is 0 Å². The van der Waals surface area contributed by atoms with Crippen molar-refractivity contribution in [1.29, 1.82) is 0 Å². The fourth-order valence-electron chi connectivity index (χ4n) is 2.72. The molecule has 1 aromatic carbocycles. The van der Waals surface area contributed by atoms with Gasteiger partial charge in [-0.15, -0.1) is 0 Å². The molecule has 0 unspecified atom stereocenters. The number of cyclic esters (lactones) is 1. The summed E-state index contributed by atoms with van der Waals surface area (Å²) in [5.74, 6) is 0.438. The molecule has 0 spiro atoms. The quantitative estimate of drug-likeness (QED) is 0.673. The summed E-state index contributed by atoms with van der Waals surface area (Å²) in [6.45, 7) is 3.70. The number of esters is 1. The topological polar surface area (TPSA) is 29.5 Å². The predicted molar refractivity (Wildman–Crippen MR) is 61.6 cm³/mol. The molecule has 0 saturated carbocycles. The summed E-state index contributed by atoms with van der Waals surface area (Å²) >= 11 is 0. The van der Waals surface area contributed by atoms with E-state index < -0.39 is 0 Å². The molecule has 1 fully saturated rings. The maximum atomic E-state index is 11.6. The lowest BCUT2D eigenvalue weighted by atomic mass is 10.0. The van der Waals surface area contributed by atoms with Crippen molar-refractivity contribution in [3.05, 3.63) is 29.8 Å². The Morgan fingerprint density at radius 1 is 1.38 bits per heavy atom. The third-order valence-corrected chi connectivity index (χ3v) is 3.53. The predicted octanol–water partition coefficient (Wildman–Crippen LogP) is 1.93. The third-order valence-electron chi connectivity index (χ3n) is 3.53. The molecule has 2 heterocycles. The Kier molecular flexibility index (Phi) is 2.13. The number of para-hydroxylation sites is 1. The van der Waals surface area contributed by atoms with E-state index in [2.05, 4.69) is 30.0 Å². The molecule has 0 aromatic heterocycles. The fourth-order valence-corrected chi connectivity index (χ4v) is 2.72. The largest absolute Gasteiger partial charge is 0.464 e. The van der Waals surface area contributed by atoms with Crippen molar-refractivity contribution in [2.75, 3.05) is 18.1 Å². The Labute approximate surface area is 95.0 Å². The summed E-state index contributed by atoms with van der Waals surface area (Å²) < 4.78 is 5.05. The van der Waals surface area contributed by atoms with E-state index in [1.165, 1.54) is 11.3 Å². The number of hydrogen-bond donors (Lipinski definition) is 0. The average Bonchev–Trinajstić information content (AvgIpc) is 2.84. The highest BCUT2D eigenvalue weighted by Gasteiger charge is 2.37. The molecule has 0 amide bonds. The summed E-state index contributed by atoms with van der Waals surface area (Å²) in [6.07, 6.45) is 0.819. The van der Waals surface area contributed by atoms with Gasteiger partial charge in [-0.3, -0.25) is 0 Å². The lowest BCUT2D eigenvalue weighted by molar-refractivity contribution is -0.139. The van der Waals surface area contributed by atoms with Crippen molar-refractivity contribution in [2.24, 2.45) is 0 Å². The average molecular weight is 217 g/mol. The van der Waals surface area contributed by atoms with E-state index in [0.29, 0.717) is 12.5 Å². The normalized spacial score (nSPS) is 28.1.